The van der Waals surface area contributed by atoms with Gasteiger partial charge in [0.25, 0.3) is 0 Å². The average Bonchev–Trinajstić information content (AvgIpc) is 1.54. The first-order valence-corrected chi connectivity index (χ1v) is 4.45. The lowest BCUT2D eigenvalue weighted by atomic mass is 9.71. The Morgan fingerprint density at radius 2 is 2.18 bits per heavy atom. The molecule has 0 spiro atoms. The molecule has 0 radical (unpaired) electrons. The van der Waals surface area contributed by atoms with Gasteiger partial charge in [-0.25, -0.2) is 4.31 Å². The van der Waals surface area contributed by atoms with Crippen LogP contribution in [0, 0.1) is 0 Å². The van der Waals surface area contributed by atoms with E-state index in [-0.39, 0.29) is 6.42 Å². The van der Waals surface area contributed by atoms with Crippen LogP contribution < -0.4 is 0 Å². The van der Waals surface area contributed by atoms with Gasteiger partial charge in [-0.3, -0.25) is 9.35 Å². The molecule has 0 bridgehead atoms. The number of carbonyl (C=O) groups excluding carboxylic acids is 1. The second-order valence-electron chi connectivity index (χ2n) is 3.13. The molecule has 0 saturated carbocycles. The topological polar surface area (TPSA) is 74.7 Å². The minimum Gasteiger partial charge on any atom is -0.274 e. The van der Waals surface area contributed by atoms with Crippen molar-refractivity contribution in [2.75, 3.05) is 0 Å². The van der Waals surface area contributed by atoms with Crippen LogP contribution in [-0.4, -0.2) is 36.5 Å². The fourth-order valence-corrected chi connectivity index (χ4v) is 2.21. The molecule has 1 rings (SSSR count). The van der Waals surface area contributed by atoms with Gasteiger partial charge in [0.05, 0.1) is 0 Å². The minimum atomic E-state index is -4.34. The van der Waals surface area contributed by atoms with E-state index in [1.165, 1.54) is 0 Å². The van der Waals surface area contributed by atoms with E-state index in [4.69, 9.17) is 4.55 Å². The SMILES string of the molecule is B[C@]1(C)CC(=O)N1S(=O)(=O)O. The quantitative estimate of drug-likeness (QED) is 0.296. The van der Waals surface area contributed by atoms with Crippen LogP contribution >= 0.6 is 0 Å². The molecule has 1 aliphatic heterocycles. The molecule has 0 aromatic carbocycles. The smallest absolute Gasteiger partial charge is 0.274 e. The van der Waals surface area contributed by atoms with Gasteiger partial charge >= 0.3 is 10.3 Å². The van der Waals surface area contributed by atoms with E-state index in [1.807, 2.05) is 0 Å². The summed E-state index contributed by atoms with van der Waals surface area (Å²) in [4.78, 5) is 10.7. The van der Waals surface area contributed by atoms with Crippen molar-refractivity contribution in [1.29, 1.82) is 0 Å². The fourth-order valence-electron chi connectivity index (χ4n) is 1.20. The molecule has 1 saturated heterocycles. The first-order chi connectivity index (χ1) is 4.75. The van der Waals surface area contributed by atoms with E-state index < -0.39 is 21.6 Å². The number of hydrogen-bond donors (Lipinski definition) is 1. The van der Waals surface area contributed by atoms with Gasteiger partial charge in [-0.2, -0.15) is 8.42 Å². The molecule has 0 aliphatic carbocycles. The summed E-state index contributed by atoms with van der Waals surface area (Å²) in [6, 6.07) is 0. The summed E-state index contributed by atoms with van der Waals surface area (Å²) in [7, 11) is -2.77. The van der Waals surface area contributed by atoms with Gasteiger partial charge in [-0.1, -0.05) is 0 Å². The average molecular weight is 177 g/mol. The van der Waals surface area contributed by atoms with Crippen LogP contribution in [0.4, 0.5) is 0 Å². The highest BCUT2D eigenvalue weighted by Gasteiger charge is 2.49. The van der Waals surface area contributed by atoms with Crippen LogP contribution in [0.3, 0.4) is 0 Å². The third-order valence-corrected chi connectivity index (χ3v) is 2.75. The number of rotatable bonds is 1. The van der Waals surface area contributed by atoms with Crippen LogP contribution in [0.5, 0.6) is 0 Å². The standard InChI is InChI=1S/C4H8BNO4S/c1-4(5)2-3(7)6(4)11(8,9)10/h2,5H2,1H3,(H,8,9,10)/t4-/m0/s1. The number of carbonyl (C=O) groups is 1. The lowest BCUT2D eigenvalue weighted by Crippen LogP contribution is -2.64. The Morgan fingerprint density at radius 3 is 2.27 bits per heavy atom. The fraction of sp³-hybridized carbons (Fsp3) is 0.750. The lowest BCUT2D eigenvalue weighted by molar-refractivity contribution is -0.139. The van der Waals surface area contributed by atoms with Crippen molar-refractivity contribution in [2.45, 2.75) is 18.8 Å². The van der Waals surface area contributed by atoms with E-state index in [0.29, 0.717) is 4.31 Å². The maximum absolute atomic E-state index is 10.7. The predicted octanol–water partition coefficient (Wildman–Crippen LogP) is -1.63. The Balaban J connectivity index is 2.98. The normalized spacial score (nSPS) is 31.8. The van der Waals surface area contributed by atoms with Crippen LogP contribution in [0.2, 0.25) is 0 Å². The summed E-state index contributed by atoms with van der Waals surface area (Å²) in [6.45, 7) is 1.57. The van der Waals surface area contributed by atoms with E-state index >= 15 is 0 Å². The van der Waals surface area contributed by atoms with Crippen molar-refractivity contribution >= 4 is 24.1 Å². The largest absolute Gasteiger partial charge is 0.361 e. The van der Waals surface area contributed by atoms with Gasteiger partial charge in [0, 0.05) is 11.9 Å². The van der Waals surface area contributed by atoms with Gasteiger partial charge in [0.2, 0.25) is 5.91 Å². The Hall–Kier alpha value is -0.555. The van der Waals surface area contributed by atoms with Gasteiger partial charge in [-0.15, -0.1) is 0 Å². The van der Waals surface area contributed by atoms with Crippen LogP contribution in [0.15, 0.2) is 0 Å². The summed E-state index contributed by atoms with van der Waals surface area (Å²) >= 11 is 0. The molecule has 1 N–H and O–H groups in total. The highest BCUT2D eigenvalue weighted by Crippen LogP contribution is 2.30. The Bertz CT molecular complexity index is 295. The monoisotopic (exact) mass is 177 g/mol. The van der Waals surface area contributed by atoms with Gasteiger partial charge in [0.1, 0.15) is 7.85 Å². The van der Waals surface area contributed by atoms with Gasteiger partial charge in [0.15, 0.2) is 0 Å². The van der Waals surface area contributed by atoms with Crippen LogP contribution in [0.1, 0.15) is 13.3 Å². The summed E-state index contributed by atoms with van der Waals surface area (Å²) in [5.74, 6) is -0.558. The molecule has 0 aromatic rings. The zero-order chi connectivity index (χ0) is 8.86. The molecule has 1 fully saturated rings. The maximum atomic E-state index is 10.7. The lowest BCUT2D eigenvalue weighted by Gasteiger charge is -2.44. The zero-order valence-electron chi connectivity index (χ0n) is 6.23. The Morgan fingerprint density at radius 1 is 1.73 bits per heavy atom. The molecule has 1 aliphatic rings. The Labute approximate surface area is 65.7 Å². The van der Waals surface area contributed by atoms with Crippen molar-refractivity contribution in [3.63, 3.8) is 0 Å². The first-order valence-electron chi connectivity index (χ1n) is 3.06. The second-order valence-corrected chi connectivity index (χ2v) is 4.39. The van der Waals surface area contributed by atoms with Crippen molar-refractivity contribution in [3.05, 3.63) is 0 Å². The third-order valence-electron chi connectivity index (χ3n) is 1.59. The molecule has 11 heavy (non-hydrogen) atoms. The van der Waals surface area contributed by atoms with Gasteiger partial charge < -0.3 is 0 Å². The Kier molecular flexibility index (Phi) is 1.54. The maximum Gasteiger partial charge on any atom is 0.361 e. The van der Waals surface area contributed by atoms with Crippen molar-refractivity contribution in [3.8, 4) is 0 Å². The number of nitrogens with zero attached hydrogens (tertiary/aromatic N) is 1. The minimum absolute atomic E-state index is 0.160. The molecule has 0 aromatic heterocycles. The highest BCUT2D eigenvalue weighted by atomic mass is 32.2. The predicted molar refractivity (Wildman–Crippen MR) is 40.0 cm³/mol. The molecule has 1 heterocycles. The molecule has 1 amide bonds. The number of amides is 1. The van der Waals surface area contributed by atoms with Crippen molar-refractivity contribution in [2.24, 2.45) is 0 Å². The second kappa shape index (κ2) is 1.98. The summed E-state index contributed by atoms with van der Waals surface area (Å²) in [6.07, 6.45) is 0.160. The van der Waals surface area contributed by atoms with E-state index in [1.54, 1.807) is 14.8 Å². The van der Waals surface area contributed by atoms with Gasteiger partial charge in [-0.05, 0) is 6.92 Å². The van der Waals surface area contributed by atoms with E-state index in [2.05, 4.69) is 0 Å². The number of β-lactam (4-membered cyclic amide) rings is 1. The highest BCUT2D eigenvalue weighted by molar-refractivity contribution is 7.84. The number of hydrogen-bond acceptors (Lipinski definition) is 3. The molecular weight excluding hydrogens is 169 g/mol. The molecule has 0 unspecified atom stereocenters. The van der Waals surface area contributed by atoms with Crippen LogP contribution in [-0.2, 0) is 15.1 Å². The van der Waals surface area contributed by atoms with E-state index in [9.17, 15) is 13.2 Å². The molecule has 62 valence electrons. The molecule has 1 atom stereocenters. The summed E-state index contributed by atoms with van der Waals surface area (Å²) in [5.41, 5.74) is -0.759. The summed E-state index contributed by atoms with van der Waals surface area (Å²) in [5, 5.41) is 0. The van der Waals surface area contributed by atoms with Crippen molar-refractivity contribution in [1.82, 2.24) is 4.31 Å². The first kappa shape index (κ1) is 8.54. The van der Waals surface area contributed by atoms with Crippen LogP contribution in [0.25, 0.3) is 0 Å². The molecule has 7 heteroatoms. The third kappa shape index (κ3) is 1.25. The van der Waals surface area contributed by atoms with Crippen molar-refractivity contribution < 1.29 is 17.8 Å². The molecular formula is C4H8BNO4S. The summed E-state index contributed by atoms with van der Waals surface area (Å²) < 4.78 is 30.0. The molecule has 5 nitrogen and oxygen atoms in total. The zero-order valence-corrected chi connectivity index (χ0v) is 7.05. The van der Waals surface area contributed by atoms with E-state index in [0.717, 1.165) is 0 Å².